The summed E-state index contributed by atoms with van der Waals surface area (Å²) in [6, 6.07) is 14.8. The highest BCUT2D eigenvalue weighted by Crippen LogP contribution is 2.30. The molecule has 1 amide bonds. The van der Waals surface area contributed by atoms with Crippen molar-refractivity contribution < 1.29 is 14.3 Å². The third-order valence-electron chi connectivity index (χ3n) is 4.17. The predicted octanol–water partition coefficient (Wildman–Crippen LogP) is 3.54. The molecule has 2 aromatic carbocycles. The van der Waals surface area contributed by atoms with Gasteiger partial charge in [-0.15, -0.1) is 0 Å². The van der Waals surface area contributed by atoms with Gasteiger partial charge >= 0.3 is 4.87 Å². The smallest absolute Gasteiger partial charge is 0.308 e. The van der Waals surface area contributed by atoms with Crippen LogP contribution in [0.3, 0.4) is 0 Å². The van der Waals surface area contributed by atoms with Crippen molar-refractivity contribution in [3.8, 4) is 11.5 Å². The van der Waals surface area contributed by atoms with Gasteiger partial charge in [-0.2, -0.15) is 0 Å². The van der Waals surface area contributed by atoms with Gasteiger partial charge in [0, 0.05) is 17.4 Å². The molecule has 140 valence electrons. The van der Waals surface area contributed by atoms with Gasteiger partial charge in [-0.1, -0.05) is 41.7 Å². The van der Waals surface area contributed by atoms with Gasteiger partial charge in [0.05, 0.1) is 20.8 Å². The third-order valence-corrected chi connectivity index (χ3v) is 5.25. The van der Waals surface area contributed by atoms with Crippen LogP contribution in [0.4, 0.5) is 5.69 Å². The van der Waals surface area contributed by atoms with Gasteiger partial charge in [-0.25, -0.2) is 0 Å². The molecule has 3 aromatic rings. The molecule has 0 aliphatic carbocycles. The molecule has 0 fully saturated rings. The van der Waals surface area contributed by atoms with Gasteiger partial charge < -0.3 is 14.8 Å². The molecule has 0 bridgehead atoms. The van der Waals surface area contributed by atoms with E-state index in [9.17, 15) is 9.59 Å². The summed E-state index contributed by atoms with van der Waals surface area (Å²) in [5, 5.41) is 2.81. The van der Waals surface area contributed by atoms with Crippen molar-refractivity contribution in [1.29, 1.82) is 0 Å². The number of ether oxygens (including phenoxy) is 2. The van der Waals surface area contributed by atoms with Crippen LogP contribution in [0.5, 0.6) is 11.5 Å². The van der Waals surface area contributed by atoms with Crippen LogP contribution < -0.4 is 19.7 Å². The topological polar surface area (TPSA) is 69.6 Å². The predicted molar refractivity (Wildman–Crippen MR) is 106 cm³/mol. The number of hydrogen-bond acceptors (Lipinski definition) is 5. The Morgan fingerprint density at radius 3 is 2.44 bits per heavy atom. The SMILES string of the molecule is COc1ccc(NC(=O)c2sc(=O)n(Cc3ccccc3)c2C)cc1OC. The van der Waals surface area contributed by atoms with Crippen LogP contribution in [0.1, 0.15) is 20.9 Å². The van der Waals surface area contributed by atoms with E-state index in [1.807, 2.05) is 30.3 Å². The van der Waals surface area contributed by atoms with Gasteiger partial charge in [0.2, 0.25) is 0 Å². The number of thiazole rings is 1. The largest absolute Gasteiger partial charge is 0.493 e. The number of aromatic nitrogens is 1. The van der Waals surface area contributed by atoms with E-state index < -0.39 is 0 Å². The normalized spacial score (nSPS) is 10.5. The Morgan fingerprint density at radius 2 is 1.78 bits per heavy atom. The molecule has 3 rings (SSSR count). The molecule has 0 spiro atoms. The zero-order valence-electron chi connectivity index (χ0n) is 15.3. The van der Waals surface area contributed by atoms with Gasteiger partial charge in [0.25, 0.3) is 5.91 Å². The molecular weight excluding hydrogens is 364 g/mol. The first-order chi connectivity index (χ1) is 13.0. The van der Waals surface area contributed by atoms with E-state index in [1.165, 1.54) is 7.11 Å². The summed E-state index contributed by atoms with van der Waals surface area (Å²) < 4.78 is 12.1. The maximum Gasteiger partial charge on any atom is 0.308 e. The molecule has 0 saturated heterocycles. The van der Waals surface area contributed by atoms with Crippen molar-refractivity contribution >= 4 is 22.9 Å². The second kappa shape index (κ2) is 8.09. The van der Waals surface area contributed by atoms with Gasteiger partial charge in [-0.3, -0.25) is 14.2 Å². The minimum absolute atomic E-state index is 0.159. The number of nitrogens with one attached hydrogen (secondary N) is 1. The zero-order valence-corrected chi connectivity index (χ0v) is 16.1. The number of carbonyl (C=O) groups excluding carboxylic acids is 1. The molecule has 7 heteroatoms. The number of anilines is 1. The average Bonchev–Trinajstić information content (AvgIpc) is 2.97. The van der Waals surface area contributed by atoms with E-state index in [0.717, 1.165) is 16.9 Å². The number of benzene rings is 2. The molecule has 1 aromatic heterocycles. The van der Waals surface area contributed by atoms with E-state index in [4.69, 9.17) is 9.47 Å². The second-order valence-corrected chi connectivity index (χ2v) is 6.84. The van der Waals surface area contributed by atoms with Gasteiger partial charge in [0.1, 0.15) is 4.88 Å². The lowest BCUT2D eigenvalue weighted by molar-refractivity contribution is 0.102. The van der Waals surface area contributed by atoms with Crippen LogP contribution in [0.25, 0.3) is 0 Å². The Morgan fingerprint density at radius 1 is 1.07 bits per heavy atom. The minimum Gasteiger partial charge on any atom is -0.493 e. The van der Waals surface area contributed by atoms with Crippen LogP contribution in [-0.4, -0.2) is 24.7 Å². The molecule has 0 radical (unpaired) electrons. The van der Waals surface area contributed by atoms with Crippen LogP contribution in [0.2, 0.25) is 0 Å². The summed E-state index contributed by atoms with van der Waals surface area (Å²) in [5.74, 6) is 0.765. The van der Waals surface area contributed by atoms with E-state index in [-0.39, 0.29) is 10.8 Å². The Bertz CT molecular complexity index is 1010. The molecule has 0 aliphatic heterocycles. The summed E-state index contributed by atoms with van der Waals surface area (Å²) in [6.45, 7) is 2.22. The number of amides is 1. The third kappa shape index (κ3) is 4.03. The lowest BCUT2D eigenvalue weighted by Gasteiger charge is -2.10. The van der Waals surface area contributed by atoms with Crippen molar-refractivity contribution in [2.24, 2.45) is 0 Å². The molecule has 0 saturated carbocycles. The molecule has 1 N–H and O–H groups in total. The Hall–Kier alpha value is -3.06. The van der Waals surface area contributed by atoms with Crippen molar-refractivity contribution in [3.05, 3.63) is 74.3 Å². The first-order valence-corrected chi connectivity index (χ1v) is 9.12. The molecule has 0 aliphatic rings. The second-order valence-electron chi connectivity index (χ2n) is 5.88. The molecule has 1 heterocycles. The molecule has 27 heavy (non-hydrogen) atoms. The lowest BCUT2D eigenvalue weighted by Crippen LogP contribution is -2.16. The number of rotatable bonds is 6. The zero-order chi connectivity index (χ0) is 19.4. The quantitative estimate of drug-likeness (QED) is 0.706. The number of carbonyl (C=O) groups is 1. The fourth-order valence-electron chi connectivity index (χ4n) is 2.74. The Kier molecular flexibility index (Phi) is 5.61. The summed E-state index contributed by atoms with van der Waals surface area (Å²) in [6.07, 6.45) is 0. The highest BCUT2D eigenvalue weighted by atomic mass is 32.1. The van der Waals surface area contributed by atoms with Crippen molar-refractivity contribution in [2.45, 2.75) is 13.5 Å². The maximum absolute atomic E-state index is 12.7. The van der Waals surface area contributed by atoms with E-state index in [0.29, 0.717) is 34.3 Å². The average molecular weight is 384 g/mol. The summed E-state index contributed by atoms with van der Waals surface area (Å²) in [5.41, 5.74) is 2.21. The first kappa shape index (κ1) is 18.7. The molecule has 0 unspecified atom stereocenters. The van der Waals surface area contributed by atoms with Gasteiger partial charge in [0.15, 0.2) is 11.5 Å². The molecular formula is C20H20N2O4S. The Labute approximate surface area is 161 Å². The van der Waals surface area contributed by atoms with Gasteiger partial charge in [-0.05, 0) is 24.6 Å². The molecule has 0 atom stereocenters. The van der Waals surface area contributed by atoms with Crippen LogP contribution in [0, 0.1) is 6.92 Å². The standard InChI is InChI=1S/C20H20N2O4S/c1-13-18(27-20(24)22(13)12-14-7-5-4-6-8-14)19(23)21-15-9-10-16(25-2)17(11-15)26-3/h4-11H,12H2,1-3H3,(H,21,23). The molecule has 6 nitrogen and oxygen atoms in total. The number of nitrogens with zero attached hydrogens (tertiary/aromatic N) is 1. The van der Waals surface area contributed by atoms with Crippen LogP contribution >= 0.6 is 11.3 Å². The fourth-order valence-corrected chi connectivity index (χ4v) is 3.63. The minimum atomic E-state index is -0.325. The lowest BCUT2D eigenvalue weighted by atomic mass is 10.2. The van der Waals surface area contributed by atoms with E-state index in [2.05, 4.69) is 5.32 Å². The highest BCUT2D eigenvalue weighted by molar-refractivity contribution is 7.11. The highest BCUT2D eigenvalue weighted by Gasteiger charge is 2.18. The van der Waals surface area contributed by atoms with E-state index >= 15 is 0 Å². The maximum atomic E-state index is 12.7. The summed E-state index contributed by atoms with van der Waals surface area (Å²) in [4.78, 5) is 25.3. The Balaban J connectivity index is 1.83. The van der Waals surface area contributed by atoms with Crippen LogP contribution in [-0.2, 0) is 6.54 Å². The van der Waals surface area contributed by atoms with Crippen molar-refractivity contribution in [2.75, 3.05) is 19.5 Å². The number of methoxy groups -OCH3 is 2. The van der Waals surface area contributed by atoms with Crippen molar-refractivity contribution in [3.63, 3.8) is 0 Å². The summed E-state index contributed by atoms with van der Waals surface area (Å²) >= 11 is 0.945. The number of hydrogen-bond donors (Lipinski definition) is 1. The monoisotopic (exact) mass is 384 g/mol. The van der Waals surface area contributed by atoms with Crippen LogP contribution in [0.15, 0.2) is 53.3 Å². The van der Waals surface area contributed by atoms with Crippen molar-refractivity contribution in [1.82, 2.24) is 4.57 Å². The fraction of sp³-hybridized carbons (Fsp3) is 0.200. The van der Waals surface area contributed by atoms with E-state index in [1.54, 1.807) is 36.8 Å². The summed E-state index contributed by atoms with van der Waals surface area (Å²) in [7, 11) is 3.08. The first-order valence-electron chi connectivity index (χ1n) is 8.31.